The van der Waals surface area contributed by atoms with Crippen LogP contribution in [-0.2, 0) is 0 Å². The van der Waals surface area contributed by atoms with Crippen LogP contribution in [0.2, 0.25) is 0 Å². The minimum absolute atomic E-state index is 0.259. The Morgan fingerprint density at radius 3 is 1.22 bits per heavy atom. The van der Waals surface area contributed by atoms with Gasteiger partial charge in [0.2, 0.25) is 5.95 Å². The third-order valence-electron chi connectivity index (χ3n) is 16.7. The Balaban J connectivity index is 0.907. The predicted octanol–water partition coefficient (Wildman–Crippen LogP) is 15.5. The highest BCUT2D eigenvalue weighted by molar-refractivity contribution is 6.95. The van der Waals surface area contributed by atoms with Gasteiger partial charge in [-0.1, -0.05) is 217 Å². The fourth-order valence-corrected chi connectivity index (χ4v) is 13.2. The fourth-order valence-electron chi connectivity index (χ4n) is 13.2. The topological polar surface area (TPSA) is 71.3 Å². The van der Waals surface area contributed by atoms with E-state index in [1.807, 2.05) is 36.4 Å². The highest BCUT2D eigenvalue weighted by Gasteiger charge is 2.29. The van der Waals surface area contributed by atoms with Crippen molar-refractivity contribution >= 4 is 110 Å². The number of pyridine rings is 1. The van der Waals surface area contributed by atoms with Crippen LogP contribution in [0, 0.1) is 0 Å². The molecule has 0 aliphatic rings. The van der Waals surface area contributed by atoms with E-state index >= 15 is 0 Å². The van der Waals surface area contributed by atoms with E-state index in [-0.39, 0.29) is 6.71 Å². The summed E-state index contributed by atoms with van der Waals surface area (Å²) in [6, 6.07) is 102. The Morgan fingerprint density at radius 2 is 0.687 bits per heavy atom. The van der Waals surface area contributed by atoms with Crippen molar-refractivity contribution in [1.82, 2.24) is 38.2 Å². The summed E-state index contributed by atoms with van der Waals surface area (Å²) >= 11 is 0. The van der Waals surface area contributed by atoms with Crippen LogP contribution in [0.1, 0.15) is 0 Å². The molecule has 0 N–H and O–H groups in total. The van der Waals surface area contributed by atoms with E-state index in [1.165, 1.54) is 32.6 Å². The van der Waals surface area contributed by atoms with Gasteiger partial charge in [0.05, 0.1) is 44.1 Å². The number of nitrogens with zero attached hydrogens (tertiary/aromatic N) is 8. The number of hydrogen-bond donors (Lipinski definition) is 0. The first-order valence-corrected chi connectivity index (χ1v) is 28.2. The first-order chi connectivity index (χ1) is 41.2. The van der Waals surface area contributed by atoms with E-state index in [9.17, 15) is 0 Å². The maximum Gasteiger partial charge on any atom is 0.265 e. The SMILES string of the molecule is c1ccc(-c2nc(-c3ccccc3)nc(-n3c4ccccc4c4ccc5c(c6ccccc6n5-c5cccc(B(c6ccc7c(c6)c6ccccc6n7-c6ccccc6)c6ccc7c(c6)c6ccccc6n7-c6ccccc6)n5)c43)n2)cc1. The Bertz CT molecular complexity index is 5180. The summed E-state index contributed by atoms with van der Waals surface area (Å²) in [5.41, 5.74) is 16.1. The Hall–Kier alpha value is -11.2. The van der Waals surface area contributed by atoms with Gasteiger partial charge < -0.3 is 9.13 Å². The van der Waals surface area contributed by atoms with Crippen molar-refractivity contribution in [3.63, 3.8) is 0 Å². The average molecular weight is 1060 g/mol. The summed E-state index contributed by atoms with van der Waals surface area (Å²) in [6.45, 7) is -0.259. The van der Waals surface area contributed by atoms with E-state index in [4.69, 9.17) is 19.9 Å². The molecular formula is C74H47BN8. The minimum Gasteiger partial charge on any atom is -0.309 e. The molecule has 0 unspecified atom stereocenters. The molecule has 0 amide bonds. The fraction of sp³-hybridized carbons (Fsp3) is 0. The molecule has 386 valence electrons. The van der Waals surface area contributed by atoms with Crippen LogP contribution in [0.15, 0.2) is 285 Å². The summed E-state index contributed by atoms with van der Waals surface area (Å²) in [5, 5.41) is 9.19. The van der Waals surface area contributed by atoms with Crippen LogP contribution in [-0.4, -0.2) is 44.9 Å². The summed E-state index contributed by atoms with van der Waals surface area (Å²) in [7, 11) is 0. The summed E-state index contributed by atoms with van der Waals surface area (Å²) in [4.78, 5) is 21.6. The number of rotatable bonds is 9. The summed E-state index contributed by atoms with van der Waals surface area (Å²) in [6.07, 6.45) is 0. The lowest BCUT2D eigenvalue weighted by Gasteiger charge is -2.18. The van der Waals surface area contributed by atoms with Gasteiger partial charge in [-0.25, -0.2) is 9.97 Å². The van der Waals surface area contributed by atoms with Crippen LogP contribution in [0.5, 0.6) is 0 Å². The van der Waals surface area contributed by atoms with E-state index in [0.29, 0.717) is 17.6 Å². The van der Waals surface area contributed by atoms with Crippen molar-refractivity contribution in [1.29, 1.82) is 0 Å². The quantitative estimate of drug-likeness (QED) is 0.135. The Kier molecular flexibility index (Phi) is 10.5. The second-order valence-corrected chi connectivity index (χ2v) is 21.4. The third kappa shape index (κ3) is 7.34. The molecular weight excluding hydrogens is 1010 g/mol. The van der Waals surface area contributed by atoms with Crippen molar-refractivity contribution < 1.29 is 0 Å². The number of benzene rings is 11. The van der Waals surface area contributed by atoms with Gasteiger partial charge in [-0.15, -0.1) is 0 Å². The van der Waals surface area contributed by atoms with Crippen molar-refractivity contribution in [2.75, 3.05) is 0 Å². The first-order valence-electron chi connectivity index (χ1n) is 28.2. The van der Waals surface area contributed by atoms with Crippen LogP contribution in [0.25, 0.3) is 133 Å². The molecule has 6 heterocycles. The Morgan fingerprint density at radius 1 is 0.265 bits per heavy atom. The van der Waals surface area contributed by atoms with Crippen molar-refractivity contribution in [3.05, 3.63) is 285 Å². The first kappa shape index (κ1) is 46.7. The molecule has 0 aliphatic heterocycles. The predicted molar refractivity (Wildman–Crippen MR) is 343 cm³/mol. The zero-order chi connectivity index (χ0) is 54.5. The third-order valence-corrected chi connectivity index (χ3v) is 16.7. The molecule has 0 aliphatic carbocycles. The molecule has 83 heavy (non-hydrogen) atoms. The molecule has 8 nitrogen and oxygen atoms in total. The van der Waals surface area contributed by atoms with E-state index < -0.39 is 0 Å². The molecule has 17 aromatic rings. The van der Waals surface area contributed by atoms with Gasteiger partial charge in [0, 0.05) is 71.2 Å². The molecule has 0 bridgehead atoms. The van der Waals surface area contributed by atoms with Crippen molar-refractivity contribution in [2.45, 2.75) is 0 Å². The molecule has 11 aromatic carbocycles. The van der Waals surface area contributed by atoms with Crippen LogP contribution < -0.4 is 16.5 Å². The molecule has 0 radical (unpaired) electrons. The average Bonchev–Trinajstić information content (AvgIpc) is 2.92. The second-order valence-electron chi connectivity index (χ2n) is 21.4. The molecule has 6 aromatic heterocycles. The number of para-hydroxylation sites is 6. The van der Waals surface area contributed by atoms with Crippen LogP contribution in [0.4, 0.5) is 0 Å². The lowest BCUT2D eigenvalue weighted by molar-refractivity contribution is 0.955. The summed E-state index contributed by atoms with van der Waals surface area (Å²) < 4.78 is 9.37. The molecule has 0 spiro atoms. The van der Waals surface area contributed by atoms with Gasteiger partial charge in [-0.05, 0) is 78.9 Å². The Labute approximate surface area is 477 Å². The van der Waals surface area contributed by atoms with Crippen molar-refractivity contribution in [2.24, 2.45) is 0 Å². The van der Waals surface area contributed by atoms with Gasteiger partial charge in [-0.3, -0.25) is 9.13 Å². The van der Waals surface area contributed by atoms with E-state index in [0.717, 1.165) is 99.5 Å². The zero-order valence-electron chi connectivity index (χ0n) is 44.8. The standard InChI is InChI=1S/C74H47BN8/c1-5-22-48(23-6-1)72-77-73(49-24-7-2-8-25-49)79-74(78-72)83-63-36-19-13-30-54(63)57-42-45-67-70(71(57)83)58-33-16-20-37-64(58)82(67)69-39-21-38-68(76-69)75(50-40-43-65-59(46-50)55-31-14-17-34-61(55)80(65)52-26-9-3-10-27-52)51-41-44-66-60(47-51)56-32-15-18-35-62(56)81(66)53-28-11-4-12-29-53/h1-47H. The van der Waals surface area contributed by atoms with E-state index in [2.05, 4.69) is 267 Å². The monoisotopic (exact) mass is 1060 g/mol. The molecule has 0 saturated carbocycles. The normalized spacial score (nSPS) is 11.9. The molecule has 9 heteroatoms. The van der Waals surface area contributed by atoms with Crippen LogP contribution >= 0.6 is 0 Å². The second kappa shape index (κ2) is 18.7. The summed E-state index contributed by atoms with van der Waals surface area (Å²) in [5.74, 6) is 2.58. The molecule has 17 rings (SSSR count). The highest BCUT2D eigenvalue weighted by atomic mass is 15.2. The smallest absolute Gasteiger partial charge is 0.265 e. The van der Waals surface area contributed by atoms with E-state index in [1.54, 1.807) is 0 Å². The molecule has 0 atom stereocenters. The maximum absolute atomic E-state index is 5.87. The van der Waals surface area contributed by atoms with Gasteiger partial charge in [0.25, 0.3) is 6.71 Å². The molecule has 0 fully saturated rings. The largest absolute Gasteiger partial charge is 0.309 e. The lowest BCUT2D eigenvalue weighted by atomic mass is 9.38. The number of hydrogen-bond acceptors (Lipinski definition) is 4. The van der Waals surface area contributed by atoms with Gasteiger partial charge in [0.1, 0.15) is 5.82 Å². The number of aromatic nitrogens is 8. The maximum atomic E-state index is 5.87. The minimum atomic E-state index is -0.259. The van der Waals surface area contributed by atoms with Gasteiger partial charge >= 0.3 is 0 Å². The van der Waals surface area contributed by atoms with Gasteiger partial charge in [-0.2, -0.15) is 9.97 Å². The number of fused-ring (bicyclic) bond motifs is 13. The van der Waals surface area contributed by atoms with Gasteiger partial charge in [0.15, 0.2) is 11.6 Å². The zero-order valence-corrected chi connectivity index (χ0v) is 44.8. The molecule has 0 saturated heterocycles. The lowest BCUT2D eigenvalue weighted by Crippen LogP contribution is -2.53. The van der Waals surface area contributed by atoms with Crippen LogP contribution in [0.3, 0.4) is 0 Å². The van der Waals surface area contributed by atoms with Crippen molar-refractivity contribution in [3.8, 4) is 45.9 Å². The highest BCUT2D eigenvalue weighted by Crippen LogP contribution is 2.42.